The molecule has 0 saturated carbocycles. The average molecular weight is 508 g/mol. The van der Waals surface area contributed by atoms with Crippen molar-refractivity contribution in [3.8, 4) is 0 Å². The summed E-state index contributed by atoms with van der Waals surface area (Å²) >= 11 is 0. The highest BCUT2D eigenvalue weighted by Gasteiger charge is 2.89. The Kier molecular flexibility index (Phi) is 6.76. The lowest BCUT2D eigenvalue weighted by atomic mass is 9.77. The van der Waals surface area contributed by atoms with Gasteiger partial charge in [0.2, 0.25) is 0 Å². The van der Waals surface area contributed by atoms with Crippen LogP contribution in [0.1, 0.15) is 0 Å². The Bertz CT molecular complexity index is 634. The summed E-state index contributed by atoms with van der Waals surface area (Å²) in [6.45, 7) is 0. The van der Waals surface area contributed by atoms with Gasteiger partial charge in [0.05, 0.1) is 0 Å². The van der Waals surface area contributed by atoms with Crippen LogP contribution in [0.4, 0.5) is 79.0 Å². The average Bonchev–Trinajstić information content (AvgIpc) is 2.26. The van der Waals surface area contributed by atoms with Gasteiger partial charge < -0.3 is 5.11 Å². The molecule has 0 atom stereocenters. The number of aliphatic hydroxyl groups is 1. The van der Waals surface area contributed by atoms with Crippen LogP contribution in [0.5, 0.6) is 0 Å². The molecule has 0 aliphatic rings. The maximum absolute atomic E-state index is 12.6. The minimum absolute atomic E-state index is 2.71. The van der Waals surface area contributed by atoms with E-state index in [2.05, 4.69) is 0 Å². The summed E-state index contributed by atoms with van der Waals surface area (Å²) in [5.74, 6) is -9.51. The molecule has 0 radical (unpaired) electrons. The van der Waals surface area contributed by atoms with E-state index in [1.54, 1.807) is 0 Å². The quantitative estimate of drug-likeness (QED) is 0.275. The number of carbonyl (C=O) groups is 1. The van der Waals surface area contributed by atoms with Crippen molar-refractivity contribution in [2.24, 2.45) is 10.8 Å². The Morgan fingerprint density at radius 2 is 0.645 bits per heavy atom. The molecule has 0 saturated heterocycles. The molecule has 31 heavy (non-hydrogen) atoms. The molecule has 0 aliphatic carbocycles. The van der Waals surface area contributed by atoms with Gasteiger partial charge in [0, 0.05) is 6.08 Å². The van der Waals surface area contributed by atoms with Gasteiger partial charge in [0.15, 0.2) is 5.78 Å². The SMILES string of the molecule is O=C(/C=C(\O)C(C(F)(F)F)(C(F)(F)F)C(F)(F)F)C(C(F)(F)F)(C(F)(F)F)C(F)(F)F. The van der Waals surface area contributed by atoms with Crippen LogP contribution in [-0.2, 0) is 4.79 Å². The van der Waals surface area contributed by atoms with E-state index >= 15 is 0 Å². The first-order valence-corrected chi connectivity index (χ1v) is 6.41. The Morgan fingerprint density at radius 1 is 0.452 bits per heavy atom. The monoisotopic (exact) mass is 508 g/mol. The number of carbonyl (C=O) groups excluding carboxylic acids is 1. The fourth-order valence-electron chi connectivity index (χ4n) is 2.16. The first-order valence-electron chi connectivity index (χ1n) is 6.41. The topological polar surface area (TPSA) is 37.3 Å². The van der Waals surface area contributed by atoms with Crippen LogP contribution in [0.3, 0.4) is 0 Å². The smallest absolute Gasteiger partial charge is 0.419 e. The van der Waals surface area contributed by atoms with Crippen LogP contribution in [0.15, 0.2) is 11.8 Å². The predicted molar refractivity (Wildman–Crippen MR) is 56.9 cm³/mol. The van der Waals surface area contributed by atoms with Crippen LogP contribution < -0.4 is 0 Å². The zero-order chi connectivity index (χ0) is 25.9. The van der Waals surface area contributed by atoms with Crippen molar-refractivity contribution in [3.63, 3.8) is 0 Å². The standard InChI is InChI=1S/C11H2F18O2/c12-6(13,14)4(7(15,16)17,8(18,19)20)2(30)1-3(31)5(9(21,22)23,10(24,25)26)11(27,28)29/h1,30H/b2-1-. The molecular weight excluding hydrogens is 506 g/mol. The van der Waals surface area contributed by atoms with Gasteiger partial charge in [-0.1, -0.05) is 0 Å². The van der Waals surface area contributed by atoms with E-state index in [9.17, 15) is 83.8 Å². The highest BCUT2D eigenvalue weighted by Crippen LogP contribution is 2.64. The lowest BCUT2D eigenvalue weighted by molar-refractivity contribution is -0.418. The number of alkyl halides is 18. The largest absolute Gasteiger partial charge is 0.510 e. The number of halogens is 18. The summed E-state index contributed by atoms with van der Waals surface area (Å²) in [6, 6.07) is 0. The summed E-state index contributed by atoms with van der Waals surface area (Å²) < 4.78 is 227. The first kappa shape index (κ1) is 28.9. The van der Waals surface area contributed by atoms with Gasteiger partial charge in [-0.2, -0.15) is 79.0 Å². The van der Waals surface area contributed by atoms with Crippen molar-refractivity contribution in [3.05, 3.63) is 11.8 Å². The molecule has 0 unspecified atom stereocenters. The van der Waals surface area contributed by atoms with Gasteiger partial charge in [-0.15, -0.1) is 0 Å². The van der Waals surface area contributed by atoms with Gasteiger partial charge in [0.1, 0.15) is 5.76 Å². The molecule has 0 bridgehead atoms. The van der Waals surface area contributed by atoms with Crippen LogP contribution in [-0.4, -0.2) is 47.9 Å². The molecule has 0 aliphatic heterocycles. The van der Waals surface area contributed by atoms with E-state index in [-0.39, 0.29) is 0 Å². The van der Waals surface area contributed by atoms with E-state index in [1.807, 2.05) is 0 Å². The van der Waals surface area contributed by atoms with Crippen LogP contribution in [0, 0.1) is 10.8 Å². The molecule has 1 N–H and O–H groups in total. The second-order valence-corrected chi connectivity index (χ2v) is 5.38. The lowest BCUT2D eigenvalue weighted by Crippen LogP contribution is -2.64. The Hall–Kier alpha value is -2.05. The molecule has 0 aromatic rings. The van der Waals surface area contributed by atoms with Crippen molar-refractivity contribution in [1.82, 2.24) is 0 Å². The molecule has 0 heterocycles. The highest BCUT2D eigenvalue weighted by atomic mass is 19.4. The molecule has 2 nitrogen and oxygen atoms in total. The number of ketones is 1. The lowest BCUT2D eigenvalue weighted by Gasteiger charge is -2.39. The molecular formula is C11H2F18O2. The number of hydrogen-bond acceptors (Lipinski definition) is 2. The van der Waals surface area contributed by atoms with Crippen molar-refractivity contribution >= 4 is 5.78 Å². The van der Waals surface area contributed by atoms with Crippen molar-refractivity contribution in [1.29, 1.82) is 0 Å². The Labute approximate surface area is 156 Å². The third-order valence-corrected chi connectivity index (χ3v) is 3.57. The van der Waals surface area contributed by atoms with E-state index in [1.165, 1.54) is 0 Å². The molecule has 0 aromatic heterocycles. The third kappa shape index (κ3) is 4.08. The predicted octanol–water partition coefficient (Wildman–Crippen LogP) is 6.34. The maximum Gasteiger partial charge on any atom is 0.419 e. The molecule has 0 fully saturated rings. The van der Waals surface area contributed by atoms with Crippen molar-refractivity contribution in [2.75, 3.05) is 0 Å². The molecule has 0 rings (SSSR count). The van der Waals surface area contributed by atoms with E-state index in [0.29, 0.717) is 0 Å². The Balaban J connectivity index is 7.54. The van der Waals surface area contributed by atoms with Gasteiger partial charge in [0.25, 0.3) is 0 Å². The zero-order valence-electron chi connectivity index (χ0n) is 13.2. The number of allylic oxidation sites excluding steroid dienone is 2. The normalized spacial score (nSPS) is 16.5. The summed E-state index contributed by atoms with van der Waals surface area (Å²) in [5, 5.41) is 8.68. The minimum Gasteiger partial charge on any atom is -0.510 e. The number of hydrogen-bond donors (Lipinski definition) is 1. The second-order valence-electron chi connectivity index (χ2n) is 5.38. The van der Waals surface area contributed by atoms with Crippen molar-refractivity contribution in [2.45, 2.75) is 37.1 Å². The van der Waals surface area contributed by atoms with Crippen LogP contribution in [0.2, 0.25) is 0 Å². The zero-order valence-corrected chi connectivity index (χ0v) is 13.2. The third-order valence-electron chi connectivity index (χ3n) is 3.57. The van der Waals surface area contributed by atoms with Crippen LogP contribution in [0.25, 0.3) is 0 Å². The van der Waals surface area contributed by atoms with Gasteiger partial charge in [-0.05, 0) is 0 Å². The Morgan fingerprint density at radius 3 is 0.806 bits per heavy atom. The fourth-order valence-corrected chi connectivity index (χ4v) is 2.16. The molecule has 0 spiro atoms. The minimum atomic E-state index is -7.89. The number of aliphatic hydroxyl groups excluding tert-OH is 1. The molecule has 0 aromatic carbocycles. The number of rotatable bonds is 3. The van der Waals surface area contributed by atoms with E-state index in [0.717, 1.165) is 0 Å². The van der Waals surface area contributed by atoms with Gasteiger partial charge >= 0.3 is 47.9 Å². The fraction of sp³-hybridized carbons (Fsp3) is 0.727. The second kappa shape index (κ2) is 7.24. The van der Waals surface area contributed by atoms with E-state index in [4.69, 9.17) is 5.11 Å². The summed E-state index contributed by atoms with van der Waals surface area (Å²) in [5.41, 5.74) is -15.5. The van der Waals surface area contributed by atoms with Crippen molar-refractivity contribution < 1.29 is 88.9 Å². The van der Waals surface area contributed by atoms with Gasteiger partial charge in [-0.3, -0.25) is 4.79 Å². The summed E-state index contributed by atoms with van der Waals surface area (Å²) in [7, 11) is 0. The van der Waals surface area contributed by atoms with Crippen LogP contribution >= 0.6 is 0 Å². The maximum atomic E-state index is 12.6. The molecule has 0 amide bonds. The molecule has 20 heteroatoms. The highest BCUT2D eigenvalue weighted by molar-refractivity contribution is 5.97. The summed E-state index contributed by atoms with van der Waals surface area (Å²) in [4.78, 5) is 11.1. The van der Waals surface area contributed by atoms with Gasteiger partial charge in [-0.25, -0.2) is 0 Å². The van der Waals surface area contributed by atoms with E-state index < -0.39 is 65.5 Å². The first-order chi connectivity index (χ1) is 13.0. The summed E-state index contributed by atoms with van der Waals surface area (Å²) in [6.07, 6.45) is -50.0. The molecule has 184 valence electrons.